The summed E-state index contributed by atoms with van der Waals surface area (Å²) in [5, 5.41) is 2.62. The third-order valence-electron chi connectivity index (χ3n) is 2.99. The minimum atomic E-state index is -0.441. The number of rotatable bonds is 4. The van der Waals surface area contributed by atoms with E-state index in [1.165, 1.54) is 0 Å². The van der Waals surface area contributed by atoms with Crippen LogP contribution in [0.25, 0.3) is 0 Å². The first-order valence-electron chi connectivity index (χ1n) is 6.07. The van der Waals surface area contributed by atoms with Crippen LogP contribution in [0.1, 0.15) is 33.6 Å². The molecule has 0 aromatic heterocycles. The first-order valence-corrected chi connectivity index (χ1v) is 6.07. The molecule has 1 saturated heterocycles. The molecule has 0 aliphatic carbocycles. The van der Waals surface area contributed by atoms with Crippen LogP contribution in [0.15, 0.2) is 0 Å². The molecule has 1 N–H and O–H groups in total. The Kier molecular flexibility index (Phi) is 4.56. The van der Waals surface area contributed by atoms with Crippen LogP contribution in [0.3, 0.4) is 0 Å². The fraction of sp³-hybridized carbons (Fsp3) is 0.692. The molecular formula is C13H20N2O2. The van der Waals surface area contributed by atoms with Gasteiger partial charge in [0.25, 0.3) is 0 Å². The lowest BCUT2D eigenvalue weighted by atomic mass is 9.96. The topological polar surface area (TPSA) is 49.4 Å². The first-order chi connectivity index (χ1) is 8.02. The fourth-order valence-electron chi connectivity index (χ4n) is 2.21. The van der Waals surface area contributed by atoms with Gasteiger partial charge in [-0.15, -0.1) is 6.42 Å². The van der Waals surface area contributed by atoms with Crippen LogP contribution in [0.4, 0.5) is 0 Å². The Balaban J connectivity index is 3.00. The van der Waals surface area contributed by atoms with Crippen LogP contribution in [0.2, 0.25) is 0 Å². The lowest BCUT2D eigenvalue weighted by Crippen LogP contribution is -2.62. The molecular weight excluding hydrogens is 216 g/mol. The number of hydrogen-bond donors (Lipinski definition) is 1. The van der Waals surface area contributed by atoms with Gasteiger partial charge in [0.05, 0.1) is 12.6 Å². The maximum absolute atomic E-state index is 11.9. The molecule has 17 heavy (non-hydrogen) atoms. The monoisotopic (exact) mass is 236 g/mol. The Morgan fingerprint density at radius 3 is 2.65 bits per heavy atom. The standard InChI is InChI=1S/C13H20N2O2/c1-5-7-10(6-2)15-11(16)8-14-13(17)12(15)9(3)4/h2,9-10,12H,5,7-8H2,1,3-4H3,(H,14,17). The second kappa shape index (κ2) is 5.72. The highest BCUT2D eigenvalue weighted by atomic mass is 16.2. The van der Waals surface area contributed by atoms with E-state index in [-0.39, 0.29) is 30.3 Å². The second-order valence-corrected chi connectivity index (χ2v) is 4.68. The third kappa shape index (κ3) is 2.79. The van der Waals surface area contributed by atoms with Crippen molar-refractivity contribution in [3.63, 3.8) is 0 Å². The highest BCUT2D eigenvalue weighted by Crippen LogP contribution is 2.20. The maximum atomic E-state index is 11.9. The lowest BCUT2D eigenvalue weighted by molar-refractivity contribution is -0.149. The van der Waals surface area contributed by atoms with Crippen LogP contribution < -0.4 is 5.32 Å². The smallest absolute Gasteiger partial charge is 0.243 e. The molecule has 94 valence electrons. The van der Waals surface area contributed by atoms with Crippen molar-refractivity contribution in [3.8, 4) is 12.3 Å². The summed E-state index contributed by atoms with van der Waals surface area (Å²) in [7, 11) is 0. The first kappa shape index (κ1) is 13.6. The average Bonchev–Trinajstić information content (AvgIpc) is 2.28. The minimum Gasteiger partial charge on any atom is -0.345 e. The number of carbonyl (C=O) groups excluding carboxylic acids is 2. The van der Waals surface area contributed by atoms with Crippen molar-refractivity contribution < 1.29 is 9.59 Å². The molecule has 1 aliphatic rings. The molecule has 2 atom stereocenters. The van der Waals surface area contributed by atoms with Gasteiger partial charge >= 0.3 is 0 Å². The predicted molar refractivity (Wildman–Crippen MR) is 66.0 cm³/mol. The van der Waals surface area contributed by atoms with Gasteiger partial charge in [0.1, 0.15) is 6.04 Å². The molecule has 1 fully saturated rings. The van der Waals surface area contributed by atoms with Crippen molar-refractivity contribution in [2.45, 2.75) is 45.7 Å². The van der Waals surface area contributed by atoms with E-state index in [1.54, 1.807) is 4.90 Å². The van der Waals surface area contributed by atoms with Gasteiger partial charge in [0.2, 0.25) is 11.8 Å². The fourth-order valence-corrected chi connectivity index (χ4v) is 2.21. The SMILES string of the molecule is C#CC(CCC)N1C(=O)CNC(=O)C1C(C)C. The summed E-state index contributed by atoms with van der Waals surface area (Å²) in [5.41, 5.74) is 0. The Morgan fingerprint density at radius 2 is 2.18 bits per heavy atom. The molecule has 0 aromatic rings. The van der Waals surface area contributed by atoms with E-state index in [1.807, 2.05) is 20.8 Å². The zero-order valence-electron chi connectivity index (χ0n) is 10.7. The van der Waals surface area contributed by atoms with E-state index in [9.17, 15) is 9.59 Å². The molecule has 2 amide bonds. The van der Waals surface area contributed by atoms with Crippen LogP contribution in [-0.4, -0.2) is 35.3 Å². The van der Waals surface area contributed by atoms with Crippen molar-refractivity contribution in [2.24, 2.45) is 5.92 Å². The molecule has 0 aromatic carbocycles. The molecule has 1 rings (SSSR count). The lowest BCUT2D eigenvalue weighted by Gasteiger charge is -2.40. The summed E-state index contributed by atoms with van der Waals surface area (Å²) in [5.74, 6) is 2.51. The molecule has 0 radical (unpaired) electrons. The second-order valence-electron chi connectivity index (χ2n) is 4.68. The molecule has 1 aliphatic heterocycles. The van der Waals surface area contributed by atoms with Crippen molar-refractivity contribution in [1.82, 2.24) is 10.2 Å². The number of nitrogens with one attached hydrogen (secondary N) is 1. The van der Waals surface area contributed by atoms with E-state index in [2.05, 4.69) is 11.2 Å². The van der Waals surface area contributed by atoms with Crippen LogP contribution in [0, 0.1) is 18.3 Å². The van der Waals surface area contributed by atoms with Gasteiger partial charge in [-0.2, -0.15) is 0 Å². The number of terminal acetylenes is 1. The molecule has 4 nitrogen and oxygen atoms in total. The number of carbonyl (C=O) groups is 2. The van der Waals surface area contributed by atoms with E-state index in [0.29, 0.717) is 0 Å². The minimum absolute atomic E-state index is 0.0595. The molecule has 0 spiro atoms. The van der Waals surface area contributed by atoms with Crippen molar-refractivity contribution in [2.75, 3.05) is 6.54 Å². The quantitative estimate of drug-likeness (QED) is 0.733. The largest absolute Gasteiger partial charge is 0.345 e. The van der Waals surface area contributed by atoms with Crippen molar-refractivity contribution in [3.05, 3.63) is 0 Å². The summed E-state index contributed by atoms with van der Waals surface area (Å²) in [6.07, 6.45) is 7.11. The van der Waals surface area contributed by atoms with Gasteiger partial charge in [-0.3, -0.25) is 9.59 Å². The van der Waals surface area contributed by atoms with E-state index in [4.69, 9.17) is 6.42 Å². The van der Waals surface area contributed by atoms with Crippen molar-refractivity contribution in [1.29, 1.82) is 0 Å². The number of hydrogen-bond acceptors (Lipinski definition) is 2. The average molecular weight is 236 g/mol. The van der Waals surface area contributed by atoms with Gasteiger partial charge in [0.15, 0.2) is 0 Å². The number of piperazine rings is 1. The highest BCUT2D eigenvalue weighted by molar-refractivity contribution is 5.95. The summed E-state index contributed by atoms with van der Waals surface area (Å²) < 4.78 is 0. The van der Waals surface area contributed by atoms with Crippen LogP contribution >= 0.6 is 0 Å². The third-order valence-corrected chi connectivity index (χ3v) is 2.99. The Morgan fingerprint density at radius 1 is 1.53 bits per heavy atom. The van der Waals surface area contributed by atoms with Gasteiger partial charge in [-0.05, 0) is 12.3 Å². The van der Waals surface area contributed by atoms with E-state index >= 15 is 0 Å². The molecule has 1 heterocycles. The van der Waals surface area contributed by atoms with Crippen molar-refractivity contribution >= 4 is 11.8 Å². The summed E-state index contributed by atoms with van der Waals surface area (Å²) in [6.45, 7) is 5.93. The van der Waals surface area contributed by atoms with E-state index < -0.39 is 6.04 Å². The molecule has 4 heteroatoms. The zero-order chi connectivity index (χ0) is 13.0. The normalized spacial score (nSPS) is 22.3. The van der Waals surface area contributed by atoms with Gasteiger partial charge < -0.3 is 10.2 Å². The van der Waals surface area contributed by atoms with E-state index in [0.717, 1.165) is 12.8 Å². The van der Waals surface area contributed by atoms with Gasteiger partial charge in [0, 0.05) is 0 Å². The van der Waals surface area contributed by atoms with Gasteiger partial charge in [-0.25, -0.2) is 0 Å². The molecule has 2 unspecified atom stereocenters. The number of nitrogens with zero attached hydrogens (tertiary/aromatic N) is 1. The Hall–Kier alpha value is -1.50. The maximum Gasteiger partial charge on any atom is 0.243 e. The molecule has 0 saturated carbocycles. The number of amides is 2. The predicted octanol–water partition coefficient (Wildman–Crippen LogP) is 0.771. The molecule has 0 bridgehead atoms. The summed E-state index contributed by atoms with van der Waals surface area (Å²) >= 11 is 0. The zero-order valence-corrected chi connectivity index (χ0v) is 10.7. The summed E-state index contributed by atoms with van der Waals surface area (Å²) in [6, 6.07) is -0.713. The summed E-state index contributed by atoms with van der Waals surface area (Å²) in [4.78, 5) is 25.4. The Labute approximate surface area is 103 Å². The van der Waals surface area contributed by atoms with Gasteiger partial charge in [-0.1, -0.05) is 33.1 Å². The Bertz CT molecular complexity index is 344. The van der Waals surface area contributed by atoms with Crippen LogP contribution in [-0.2, 0) is 9.59 Å². The van der Waals surface area contributed by atoms with Crippen LogP contribution in [0.5, 0.6) is 0 Å². The highest BCUT2D eigenvalue weighted by Gasteiger charge is 2.39.